The molecule has 0 aromatic heterocycles. The molecule has 0 spiro atoms. The van der Waals surface area contributed by atoms with Crippen LogP contribution in [0.2, 0.25) is 5.02 Å². The zero-order valence-electron chi connectivity index (χ0n) is 19.2. The number of halogens is 1. The Morgan fingerprint density at radius 2 is 1.66 bits per heavy atom. The van der Waals surface area contributed by atoms with E-state index >= 15 is 0 Å². The van der Waals surface area contributed by atoms with E-state index in [1.165, 1.54) is 34.2 Å². The van der Waals surface area contributed by atoms with Gasteiger partial charge in [0.15, 0.2) is 0 Å². The number of anilines is 1. The van der Waals surface area contributed by atoms with Gasteiger partial charge in [0, 0.05) is 19.2 Å². The monoisotopic (exact) mass is 511 g/mol. The molecule has 0 saturated heterocycles. The molecular formula is C26H26ClN3O4S. The summed E-state index contributed by atoms with van der Waals surface area (Å²) in [6.45, 7) is 0. The molecule has 1 atom stereocenters. The summed E-state index contributed by atoms with van der Waals surface area (Å²) in [6.07, 6.45) is 3.29. The number of amides is 3. The van der Waals surface area contributed by atoms with E-state index in [4.69, 9.17) is 11.6 Å². The number of carbonyl (C=O) groups excluding carboxylic acids is 2. The standard InChI is InChI=1S/C26H26ClN3O4S/c1-30(21-15-14-19-10-7-11-20(19)17-21)25(31)23(16-18-8-3-2-4-9-18)28-26(32)29-35(33,34)24-13-6-5-12-22(24)27/h2-6,8-9,12-15,17,23H,7,10-11,16H2,1H3,(H2,28,29,32). The van der Waals surface area contributed by atoms with Gasteiger partial charge in [-0.05, 0) is 60.2 Å². The van der Waals surface area contributed by atoms with Crippen LogP contribution < -0.4 is 14.9 Å². The number of hydrogen-bond donors (Lipinski definition) is 2. The highest BCUT2D eigenvalue weighted by Gasteiger charge is 2.28. The van der Waals surface area contributed by atoms with Crippen molar-refractivity contribution >= 4 is 39.2 Å². The molecule has 4 rings (SSSR count). The van der Waals surface area contributed by atoms with Crippen molar-refractivity contribution < 1.29 is 18.0 Å². The summed E-state index contributed by atoms with van der Waals surface area (Å²) in [5.41, 5.74) is 4.05. The molecule has 1 unspecified atom stereocenters. The summed E-state index contributed by atoms with van der Waals surface area (Å²) >= 11 is 5.99. The van der Waals surface area contributed by atoms with Gasteiger partial charge in [0.1, 0.15) is 10.9 Å². The second-order valence-corrected chi connectivity index (χ2v) is 10.5. The largest absolute Gasteiger partial charge is 0.329 e. The zero-order chi connectivity index (χ0) is 25.0. The second-order valence-electron chi connectivity index (χ2n) is 8.46. The van der Waals surface area contributed by atoms with Crippen LogP contribution in [0, 0.1) is 0 Å². The molecule has 9 heteroatoms. The van der Waals surface area contributed by atoms with Gasteiger partial charge in [-0.3, -0.25) is 4.79 Å². The van der Waals surface area contributed by atoms with E-state index in [1.54, 1.807) is 13.1 Å². The molecule has 3 amide bonds. The van der Waals surface area contributed by atoms with Crippen LogP contribution in [-0.2, 0) is 34.1 Å². The number of aryl methyl sites for hydroxylation is 2. The summed E-state index contributed by atoms with van der Waals surface area (Å²) in [4.78, 5) is 27.5. The molecule has 35 heavy (non-hydrogen) atoms. The Bertz CT molecular complexity index is 1350. The fourth-order valence-corrected chi connectivity index (χ4v) is 5.64. The first-order valence-corrected chi connectivity index (χ1v) is 13.1. The first-order valence-electron chi connectivity index (χ1n) is 11.3. The number of urea groups is 1. The number of rotatable bonds is 7. The number of nitrogens with zero attached hydrogens (tertiary/aromatic N) is 1. The maximum atomic E-state index is 13.5. The Hall–Kier alpha value is -3.36. The molecule has 0 heterocycles. The first-order chi connectivity index (χ1) is 16.7. The quantitative estimate of drug-likeness (QED) is 0.499. The van der Waals surface area contributed by atoms with Crippen molar-refractivity contribution in [3.8, 4) is 0 Å². The summed E-state index contributed by atoms with van der Waals surface area (Å²) < 4.78 is 27.3. The van der Waals surface area contributed by atoms with E-state index in [0.29, 0.717) is 0 Å². The topological polar surface area (TPSA) is 95.6 Å². The summed E-state index contributed by atoms with van der Waals surface area (Å²) in [7, 11) is -2.58. The highest BCUT2D eigenvalue weighted by molar-refractivity contribution is 7.90. The Kier molecular flexibility index (Phi) is 7.42. The average molecular weight is 512 g/mol. The van der Waals surface area contributed by atoms with Crippen molar-refractivity contribution in [3.05, 3.63) is 94.5 Å². The molecule has 182 valence electrons. The van der Waals surface area contributed by atoms with Crippen LogP contribution in [0.25, 0.3) is 0 Å². The molecule has 3 aromatic rings. The minimum Gasteiger partial charge on any atom is -0.325 e. The number of benzene rings is 3. The predicted octanol–water partition coefficient (Wildman–Crippen LogP) is 4.09. The Labute approximate surface area is 210 Å². The second kappa shape index (κ2) is 10.5. The summed E-state index contributed by atoms with van der Waals surface area (Å²) in [5, 5.41) is 2.54. The molecular weight excluding hydrogens is 486 g/mol. The molecule has 1 aliphatic carbocycles. The normalized spacial score (nSPS) is 13.5. The lowest BCUT2D eigenvalue weighted by atomic mass is 10.0. The van der Waals surface area contributed by atoms with Crippen molar-refractivity contribution in [1.29, 1.82) is 0 Å². The maximum absolute atomic E-state index is 13.5. The van der Waals surface area contributed by atoms with E-state index in [-0.39, 0.29) is 22.2 Å². The average Bonchev–Trinajstić information content (AvgIpc) is 3.31. The van der Waals surface area contributed by atoms with Gasteiger partial charge in [0.2, 0.25) is 5.91 Å². The van der Waals surface area contributed by atoms with Crippen molar-refractivity contribution in [2.75, 3.05) is 11.9 Å². The van der Waals surface area contributed by atoms with Gasteiger partial charge in [-0.25, -0.2) is 17.9 Å². The van der Waals surface area contributed by atoms with E-state index in [2.05, 4.69) is 5.32 Å². The third-order valence-electron chi connectivity index (χ3n) is 6.04. The van der Waals surface area contributed by atoms with Gasteiger partial charge in [-0.2, -0.15) is 0 Å². The van der Waals surface area contributed by atoms with Gasteiger partial charge >= 0.3 is 6.03 Å². The van der Waals surface area contributed by atoms with E-state index in [0.717, 1.165) is 30.5 Å². The maximum Gasteiger partial charge on any atom is 0.329 e. The van der Waals surface area contributed by atoms with Crippen LogP contribution in [0.1, 0.15) is 23.1 Å². The van der Waals surface area contributed by atoms with Gasteiger partial charge in [-0.1, -0.05) is 60.1 Å². The molecule has 3 aromatic carbocycles. The molecule has 1 aliphatic rings. The Balaban J connectivity index is 1.55. The molecule has 0 fully saturated rings. The lowest BCUT2D eigenvalue weighted by Crippen LogP contribution is -2.52. The van der Waals surface area contributed by atoms with E-state index in [9.17, 15) is 18.0 Å². The fraction of sp³-hybridized carbons (Fsp3) is 0.231. The number of sulfonamides is 1. The molecule has 7 nitrogen and oxygen atoms in total. The minimum absolute atomic E-state index is 0.0129. The van der Waals surface area contributed by atoms with Crippen molar-refractivity contribution in [2.45, 2.75) is 36.6 Å². The van der Waals surface area contributed by atoms with Crippen molar-refractivity contribution in [3.63, 3.8) is 0 Å². The van der Waals surface area contributed by atoms with Crippen LogP contribution in [0.4, 0.5) is 10.5 Å². The van der Waals surface area contributed by atoms with Crippen molar-refractivity contribution in [1.82, 2.24) is 10.0 Å². The predicted molar refractivity (Wildman–Crippen MR) is 136 cm³/mol. The highest BCUT2D eigenvalue weighted by atomic mass is 35.5. The van der Waals surface area contributed by atoms with Crippen LogP contribution in [-0.4, -0.2) is 33.4 Å². The Morgan fingerprint density at radius 1 is 0.971 bits per heavy atom. The number of likely N-dealkylation sites (N-methyl/N-ethyl adjacent to an activating group) is 1. The van der Waals surface area contributed by atoms with Gasteiger partial charge in [-0.15, -0.1) is 0 Å². The molecule has 0 radical (unpaired) electrons. The first kappa shape index (κ1) is 24.8. The lowest BCUT2D eigenvalue weighted by molar-refractivity contribution is -0.120. The number of hydrogen-bond acceptors (Lipinski definition) is 4. The molecule has 0 bridgehead atoms. The number of fused-ring (bicyclic) bond motifs is 1. The highest BCUT2D eigenvalue weighted by Crippen LogP contribution is 2.27. The Morgan fingerprint density at radius 3 is 2.40 bits per heavy atom. The molecule has 0 aliphatic heterocycles. The van der Waals surface area contributed by atoms with Crippen LogP contribution in [0.15, 0.2) is 77.7 Å². The lowest BCUT2D eigenvalue weighted by Gasteiger charge is -2.25. The minimum atomic E-state index is -4.23. The van der Waals surface area contributed by atoms with Gasteiger partial charge in [0.05, 0.1) is 5.02 Å². The van der Waals surface area contributed by atoms with E-state index < -0.39 is 22.1 Å². The zero-order valence-corrected chi connectivity index (χ0v) is 20.8. The third kappa shape index (κ3) is 5.83. The summed E-state index contributed by atoms with van der Waals surface area (Å²) in [5.74, 6) is -0.364. The number of nitrogens with one attached hydrogen (secondary N) is 2. The van der Waals surface area contributed by atoms with Crippen molar-refractivity contribution in [2.24, 2.45) is 0 Å². The molecule has 0 saturated carbocycles. The SMILES string of the molecule is CN(C(=O)C(Cc1ccccc1)NC(=O)NS(=O)(=O)c1ccccc1Cl)c1ccc2c(c1)CCC2. The fourth-order valence-electron chi connectivity index (χ4n) is 4.21. The summed E-state index contributed by atoms with van der Waals surface area (Å²) in [6, 6.07) is 18.9. The third-order valence-corrected chi connectivity index (χ3v) is 7.87. The smallest absolute Gasteiger partial charge is 0.325 e. The van der Waals surface area contributed by atoms with Crippen LogP contribution >= 0.6 is 11.6 Å². The van der Waals surface area contributed by atoms with Crippen LogP contribution in [0.5, 0.6) is 0 Å². The number of carbonyl (C=O) groups is 2. The molecule has 2 N–H and O–H groups in total. The van der Waals surface area contributed by atoms with Gasteiger partial charge < -0.3 is 10.2 Å². The van der Waals surface area contributed by atoms with Gasteiger partial charge in [0.25, 0.3) is 10.0 Å². The van der Waals surface area contributed by atoms with Crippen LogP contribution in [0.3, 0.4) is 0 Å². The van der Waals surface area contributed by atoms with E-state index in [1.807, 2.05) is 53.3 Å².